The molecule has 4 rings (SSSR count). The Morgan fingerprint density at radius 3 is 2.45 bits per heavy atom. The molecule has 1 fully saturated rings. The average molecular weight is 615 g/mol. The van der Waals surface area contributed by atoms with E-state index in [0.29, 0.717) is 52.8 Å². The molecule has 0 radical (unpaired) electrons. The highest BCUT2D eigenvalue weighted by atomic mass is 35.5. The van der Waals surface area contributed by atoms with Gasteiger partial charge in [-0.3, -0.25) is 19.2 Å². The van der Waals surface area contributed by atoms with E-state index in [1.807, 2.05) is 6.07 Å². The lowest BCUT2D eigenvalue weighted by Crippen LogP contribution is -2.56. The van der Waals surface area contributed by atoms with Gasteiger partial charge in [0, 0.05) is 28.6 Å². The van der Waals surface area contributed by atoms with Gasteiger partial charge in [-0.05, 0) is 67.6 Å². The zero-order valence-corrected chi connectivity index (χ0v) is 24.9. The highest BCUT2D eigenvalue weighted by molar-refractivity contribution is 6.36. The van der Waals surface area contributed by atoms with Gasteiger partial charge in [0.2, 0.25) is 11.8 Å². The fourth-order valence-corrected chi connectivity index (χ4v) is 5.31. The van der Waals surface area contributed by atoms with Crippen molar-refractivity contribution in [3.05, 3.63) is 75.5 Å². The summed E-state index contributed by atoms with van der Waals surface area (Å²) in [6.45, 7) is 3.57. The summed E-state index contributed by atoms with van der Waals surface area (Å²) < 4.78 is 0. The van der Waals surface area contributed by atoms with Crippen LogP contribution >= 0.6 is 23.2 Å². The molecule has 3 amide bonds. The Morgan fingerprint density at radius 1 is 1.05 bits per heavy atom. The van der Waals surface area contributed by atoms with Gasteiger partial charge in [0.05, 0.1) is 6.04 Å². The molecule has 3 unspecified atom stereocenters. The number of amides is 3. The maximum Gasteiger partial charge on any atom is 0.251 e. The van der Waals surface area contributed by atoms with Crippen molar-refractivity contribution in [1.82, 2.24) is 35.7 Å². The summed E-state index contributed by atoms with van der Waals surface area (Å²) in [7, 11) is 0. The van der Waals surface area contributed by atoms with Gasteiger partial charge < -0.3 is 15.5 Å². The van der Waals surface area contributed by atoms with E-state index in [4.69, 9.17) is 23.2 Å². The summed E-state index contributed by atoms with van der Waals surface area (Å²) >= 11 is 12.5. The molecule has 1 saturated heterocycles. The summed E-state index contributed by atoms with van der Waals surface area (Å²) in [6.07, 6.45) is 2.47. The second-order valence-electron chi connectivity index (χ2n) is 10.1. The summed E-state index contributed by atoms with van der Waals surface area (Å²) in [5.74, 6) is -1.09. The molecule has 2 N–H and O–H groups in total. The molecule has 0 saturated carbocycles. The van der Waals surface area contributed by atoms with E-state index in [1.165, 1.54) is 9.70 Å². The highest BCUT2D eigenvalue weighted by Crippen LogP contribution is 2.25. The molecule has 13 heteroatoms. The maximum atomic E-state index is 13.4. The van der Waals surface area contributed by atoms with Crippen molar-refractivity contribution in [3.63, 3.8) is 0 Å². The number of nitrogens with zero attached hydrogens (tertiary/aromatic N) is 5. The number of nitrogens with one attached hydrogen (secondary N) is 2. The van der Waals surface area contributed by atoms with E-state index in [0.717, 1.165) is 6.42 Å². The Labute approximate surface area is 253 Å². The van der Waals surface area contributed by atoms with E-state index in [2.05, 4.69) is 26.0 Å². The third kappa shape index (κ3) is 7.71. The highest BCUT2D eigenvalue weighted by Gasteiger charge is 2.35. The van der Waals surface area contributed by atoms with Gasteiger partial charge in [-0.2, -0.15) is 4.80 Å². The van der Waals surface area contributed by atoms with E-state index in [9.17, 15) is 19.2 Å². The third-order valence-corrected chi connectivity index (χ3v) is 7.92. The van der Waals surface area contributed by atoms with Gasteiger partial charge in [0.15, 0.2) is 11.6 Å². The largest absolute Gasteiger partial charge is 0.344 e. The van der Waals surface area contributed by atoms with Crippen LogP contribution in [0.3, 0.4) is 0 Å². The molecule has 3 atom stereocenters. The Bertz CT molecular complexity index is 1410. The number of rotatable bonds is 11. The molecule has 2 aromatic carbocycles. The number of halogens is 2. The minimum absolute atomic E-state index is 0.202. The minimum Gasteiger partial charge on any atom is -0.344 e. The monoisotopic (exact) mass is 613 g/mol. The lowest BCUT2D eigenvalue weighted by Gasteiger charge is -2.30. The molecule has 0 bridgehead atoms. The summed E-state index contributed by atoms with van der Waals surface area (Å²) in [5, 5.41) is 18.8. The normalized spacial score (nSPS) is 16.8. The van der Waals surface area contributed by atoms with E-state index in [-0.39, 0.29) is 30.6 Å². The van der Waals surface area contributed by atoms with Crippen LogP contribution in [-0.2, 0) is 27.3 Å². The molecular weight excluding hydrogens is 581 g/mol. The van der Waals surface area contributed by atoms with Crippen molar-refractivity contribution in [1.29, 1.82) is 0 Å². The van der Waals surface area contributed by atoms with Crippen molar-refractivity contribution < 1.29 is 19.2 Å². The van der Waals surface area contributed by atoms with Crippen LogP contribution in [0.1, 0.15) is 61.3 Å². The van der Waals surface area contributed by atoms with Gasteiger partial charge in [-0.15, -0.1) is 10.2 Å². The van der Waals surface area contributed by atoms with Crippen molar-refractivity contribution in [2.45, 2.75) is 70.6 Å². The van der Waals surface area contributed by atoms with Gasteiger partial charge in [-0.25, -0.2) is 0 Å². The molecule has 0 spiro atoms. The lowest BCUT2D eigenvalue weighted by atomic mass is 10.1. The predicted molar refractivity (Wildman–Crippen MR) is 157 cm³/mol. The first-order valence-electron chi connectivity index (χ1n) is 13.9. The number of ketones is 1. The molecule has 3 aromatic rings. The minimum atomic E-state index is -0.843. The summed E-state index contributed by atoms with van der Waals surface area (Å²) in [4.78, 5) is 55.0. The van der Waals surface area contributed by atoms with Crippen LogP contribution in [0, 0.1) is 0 Å². The number of carbonyl (C=O) groups is 4. The number of benzene rings is 2. The molecule has 2 heterocycles. The number of aromatic nitrogens is 4. The summed E-state index contributed by atoms with van der Waals surface area (Å²) in [5.41, 5.74) is 1.11. The Hall–Kier alpha value is -3.83. The quantitative estimate of drug-likeness (QED) is 0.338. The first kappa shape index (κ1) is 31.1. The van der Waals surface area contributed by atoms with Crippen molar-refractivity contribution in [3.8, 4) is 0 Å². The second kappa shape index (κ2) is 14.4. The SMILES string of the molecule is CCC(NC(=O)C(C)N1CCCCC(NC(=O)c2ccccc2)C1=O)C(=O)Cn1nnc(Cc2c(Cl)cccc2Cl)n1. The fourth-order valence-electron chi connectivity index (χ4n) is 4.78. The first-order chi connectivity index (χ1) is 20.2. The molecule has 1 aromatic heterocycles. The Balaban J connectivity index is 1.35. The zero-order chi connectivity index (χ0) is 30.2. The standard InChI is InChI=1S/C29H33Cl2N7O4/c1-3-23(25(39)17-38-35-26(34-36-38)16-20-21(30)12-9-13-22(20)31)32-27(40)18(2)37-15-8-7-14-24(29(37)42)33-28(41)19-10-5-4-6-11-19/h4-6,9-13,18,23-24H,3,7-8,14-17H2,1-2H3,(H,32,40)(H,33,41). The molecule has 0 aliphatic carbocycles. The maximum absolute atomic E-state index is 13.4. The van der Waals surface area contributed by atoms with Crippen LogP contribution in [0.25, 0.3) is 0 Å². The Kier molecular flexibility index (Phi) is 10.6. The number of likely N-dealkylation sites (tertiary alicyclic amines) is 1. The fraction of sp³-hybridized carbons (Fsp3) is 0.414. The Morgan fingerprint density at radius 2 is 1.76 bits per heavy atom. The first-order valence-corrected chi connectivity index (χ1v) is 14.6. The van der Waals surface area contributed by atoms with Crippen LogP contribution in [0.4, 0.5) is 0 Å². The molecule has 1 aliphatic rings. The third-order valence-electron chi connectivity index (χ3n) is 7.21. The lowest BCUT2D eigenvalue weighted by molar-refractivity contribution is -0.141. The summed E-state index contributed by atoms with van der Waals surface area (Å²) in [6, 6.07) is 11.4. The molecule has 42 heavy (non-hydrogen) atoms. The number of Topliss-reactive ketones (excluding diaryl/α,β-unsaturated/α-hetero) is 1. The van der Waals surface area contributed by atoms with Gasteiger partial charge in [0.25, 0.3) is 5.91 Å². The molecule has 1 aliphatic heterocycles. The topological polar surface area (TPSA) is 139 Å². The van der Waals surface area contributed by atoms with Crippen molar-refractivity contribution >= 4 is 46.7 Å². The number of hydrogen-bond donors (Lipinski definition) is 2. The second-order valence-corrected chi connectivity index (χ2v) is 11.0. The van der Waals surface area contributed by atoms with Gasteiger partial charge in [0.1, 0.15) is 18.6 Å². The van der Waals surface area contributed by atoms with Gasteiger partial charge in [-0.1, -0.05) is 54.4 Å². The predicted octanol–water partition coefficient (Wildman–Crippen LogP) is 3.23. The van der Waals surface area contributed by atoms with E-state index in [1.54, 1.807) is 56.3 Å². The number of tetrazole rings is 1. The zero-order valence-electron chi connectivity index (χ0n) is 23.4. The average Bonchev–Trinajstić information content (AvgIpc) is 3.34. The molecule has 222 valence electrons. The van der Waals surface area contributed by atoms with Gasteiger partial charge >= 0.3 is 0 Å². The van der Waals surface area contributed by atoms with Crippen LogP contribution in [0.15, 0.2) is 48.5 Å². The van der Waals surface area contributed by atoms with Crippen LogP contribution < -0.4 is 10.6 Å². The van der Waals surface area contributed by atoms with Crippen LogP contribution in [0.5, 0.6) is 0 Å². The number of hydrogen-bond acceptors (Lipinski definition) is 7. The molecular formula is C29H33Cl2N7O4. The number of carbonyl (C=O) groups excluding carboxylic acids is 4. The van der Waals surface area contributed by atoms with E-state index < -0.39 is 24.0 Å². The molecule has 11 nitrogen and oxygen atoms in total. The van der Waals surface area contributed by atoms with Crippen molar-refractivity contribution in [2.75, 3.05) is 6.54 Å². The van der Waals surface area contributed by atoms with Crippen LogP contribution in [-0.4, -0.2) is 73.3 Å². The van der Waals surface area contributed by atoms with Crippen molar-refractivity contribution in [2.24, 2.45) is 0 Å². The smallest absolute Gasteiger partial charge is 0.251 e. The van der Waals surface area contributed by atoms with E-state index >= 15 is 0 Å². The van der Waals surface area contributed by atoms with Crippen LogP contribution in [0.2, 0.25) is 10.0 Å².